The van der Waals surface area contributed by atoms with E-state index in [9.17, 15) is 0 Å². The summed E-state index contributed by atoms with van der Waals surface area (Å²) < 4.78 is 7.73. The van der Waals surface area contributed by atoms with Crippen LogP contribution in [0.3, 0.4) is 0 Å². The molecule has 0 unspecified atom stereocenters. The maximum absolute atomic E-state index is 5.75. The van der Waals surface area contributed by atoms with E-state index in [2.05, 4.69) is 16.5 Å². The molecular formula is C13H9N3O. The molecular weight excluding hydrogens is 214 g/mol. The zero-order valence-electron chi connectivity index (χ0n) is 9.05. The van der Waals surface area contributed by atoms with Crippen LogP contribution in [0.25, 0.3) is 27.6 Å². The summed E-state index contributed by atoms with van der Waals surface area (Å²) in [5.41, 5.74) is 3.72. The summed E-state index contributed by atoms with van der Waals surface area (Å²) in [6.07, 6.45) is 3.57. The van der Waals surface area contributed by atoms with Crippen LogP contribution in [0.1, 0.15) is 0 Å². The zero-order valence-corrected chi connectivity index (χ0v) is 9.05. The van der Waals surface area contributed by atoms with Gasteiger partial charge in [-0.05, 0) is 12.1 Å². The highest BCUT2D eigenvalue weighted by atomic mass is 16.5. The molecule has 0 amide bonds. The molecule has 0 fully saturated rings. The van der Waals surface area contributed by atoms with Gasteiger partial charge in [0.15, 0.2) is 0 Å². The molecule has 0 saturated carbocycles. The Bertz CT molecular complexity index is 773. The van der Waals surface area contributed by atoms with E-state index >= 15 is 0 Å². The van der Waals surface area contributed by atoms with Gasteiger partial charge in [0.25, 0.3) is 0 Å². The number of rotatable bonds is 0. The lowest BCUT2D eigenvalue weighted by Gasteiger charge is -2.05. The molecule has 82 valence electrons. The topological polar surface area (TPSA) is 39.9 Å². The fourth-order valence-electron chi connectivity index (χ4n) is 2.29. The van der Waals surface area contributed by atoms with Gasteiger partial charge in [0, 0.05) is 0 Å². The molecule has 0 N–H and O–H groups in total. The van der Waals surface area contributed by atoms with Crippen molar-refractivity contribution in [2.45, 2.75) is 0 Å². The van der Waals surface area contributed by atoms with E-state index in [0.717, 1.165) is 33.4 Å². The summed E-state index contributed by atoms with van der Waals surface area (Å²) in [4.78, 5) is 8.75. The second-order valence-electron chi connectivity index (χ2n) is 4.11. The van der Waals surface area contributed by atoms with Crippen molar-refractivity contribution in [2.75, 3.05) is 6.61 Å². The largest absolute Gasteiger partial charge is 0.487 e. The first-order valence-electron chi connectivity index (χ1n) is 5.40. The summed E-state index contributed by atoms with van der Waals surface area (Å²) >= 11 is 0. The van der Waals surface area contributed by atoms with Gasteiger partial charge < -0.3 is 4.74 Å². The Balaban J connectivity index is 2.36. The SMILES string of the molecule is C=C1COc2cccc3ncc4ncn1c4c23. The number of aromatic nitrogens is 3. The third-order valence-electron chi connectivity index (χ3n) is 3.10. The lowest BCUT2D eigenvalue weighted by Crippen LogP contribution is -2.02. The molecule has 17 heavy (non-hydrogen) atoms. The quantitative estimate of drug-likeness (QED) is 0.587. The van der Waals surface area contributed by atoms with Gasteiger partial charge >= 0.3 is 0 Å². The highest BCUT2D eigenvalue weighted by Crippen LogP contribution is 2.34. The van der Waals surface area contributed by atoms with Crippen LogP contribution in [0.15, 0.2) is 37.3 Å². The van der Waals surface area contributed by atoms with Crippen LogP contribution in [0, 0.1) is 0 Å². The number of ether oxygens (including phenoxy) is 1. The van der Waals surface area contributed by atoms with Crippen molar-refractivity contribution >= 4 is 27.6 Å². The number of pyridine rings is 1. The average Bonchev–Trinajstić information content (AvgIpc) is 2.73. The lowest BCUT2D eigenvalue weighted by atomic mass is 10.2. The molecule has 1 aliphatic heterocycles. The molecule has 1 aliphatic rings. The number of hydrogen-bond donors (Lipinski definition) is 0. The summed E-state index contributed by atoms with van der Waals surface area (Å²) in [6.45, 7) is 4.49. The second-order valence-corrected chi connectivity index (χ2v) is 4.11. The van der Waals surface area contributed by atoms with Gasteiger partial charge in [-0.25, -0.2) is 4.98 Å². The lowest BCUT2D eigenvalue weighted by molar-refractivity contribution is 0.371. The Morgan fingerprint density at radius 1 is 1.24 bits per heavy atom. The van der Waals surface area contributed by atoms with Gasteiger partial charge in [-0.15, -0.1) is 0 Å². The van der Waals surface area contributed by atoms with Gasteiger partial charge in [-0.3, -0.25) is 9.55 Å². The Kier molecular flexibility index (Phi) is 1.47. The van der Waals surface area contributed by atoms with Crippen LogP contribution < -0.4 is 4.74 Å². The molecule has 0 saturated heterocycles. The Morgan fingerprint density at radius 3 is 3.12 bits per heavy atom. The fraction of sp³-hybridized carbons (Fsp3) is 0.0769. The van der Waals surface area contributed by atoms with E-state index in [1.165, 1.54) is 0 Å². The third-order valence-corrected chi connectivity index (χ3v) is 3.10. The predicted octanol–water partition coefficient (Wildman–Crippen LogP) is 2.45. The van der Waals surface area contributed by atoms with Gasteiger partial charge in [-0.1, -0.05) is 12.6 Å². The van der Waals surface area contributed by atoms with Crippen molar-refractivity contribution in [1.82, 2.24) is 14.5 Å². The van der Waals surface area contributed by atoms with Crippen LogP contribution >= 0.6 is 0 Å². The van der Waals surface area contributed by atoms with E-state index in [1.807, 2.05) is 22.8 Å². The fourth-order valence-corrected chi connectivity index (χ4v) is 2.29. The van der Waals surface area contributed by atoms with E-state index in [0.29, 0.717) is 6.61 Å². The zero-order chi connectivity index (χ0) is 11.4. The average molecular weight is 223 g/mol. The standard InChI is InChI=1S/C13H9N3O/c1-8-6-17-11-4-2-3-9-12(11)13-10(5-14-9)15-7-16(8)13/h2-5,7H,1,6H2. The van der Waals surface area contributed by atoms with Crippen molar-refractivity contribution in [3.63, 3.8) is 0 Å². The second kappa shape index (κ2) is 2.85. The van der Waals surface area contributed by atoms with Crippen LogP contribution in [-0.4, -0.2) is 21.1 Å². The third kappa shape index (κ3) is 1.02. The van der Waals surface area contributed by atoms with Gasteiger partial charge in [0.2, 0.25) is 0 Å². The number of hydrogen-bond acceptors (Lipinski definition) is 3. The number of benzene rings is 1. The molecule has 0 spiro atoms. The van der Waals surface area contributed by atoms with Crippen LogP contribution in [0.5, 0.6) is 5.75 Å². The summed E-state index contributed by atoms with van der Waals surface area (Å²) in [6, 6.07) is 5.89. The molecule has 3 heterocycles. The first kappa shape index (κ1) is 8.75. The van der Waals surface area contributed by atoms with Crippen LogP contribution in [0.2, 0.25) is 0 Å². The number of nitrogens with zero attached hydrogens (tertiary/aromatic N) is 3. The first-order chi connectivity index (χ1) is 8.34. The highest BCUT2D eigenvalue weighted by molar-refractivity contribution is 6.07. The monoisotopic (exact) mass is 223 g/mol. The van der Waals surface area contributed by atoms with Gasteiger partial charge in [0.05, 0.1) is 28.3 Å². The van der Waals surface area contributed by atoms with Crippen LogP contribution in [-0.2, 0) is 0 Å². The molecule has 4 nitrogen and oxygen atoms in total. The minimum Gasteiger partial charge on any atom is -0.487 e. The van der Waals surface area contributed by atoms with E-state index in [-0.39, 0.29) is 0 Å². The Morgan fingerprint density at radius 2 is 2.18 bits per heavy atom. The molecule has 0 atom stereocenters. The van der Waals surface area contributed by atoms with E-state index in [4.69, 9.17) is 4.74 Å². The summed E-state index contributed by atoms with van der Waals surface area (Å²) in [7, 11) is 0. The summed E-state index contributed by atoms with van der Waals surface area (Å²) in [5.74, 6) is 0.848. The molecule has 0 radical (unpaired) electrons. The minimum atomic E-state index is 0.471. The van der Waals surface area contributed by atoms with E-state index in [1.54, 1.807) is 12.5 Å². The maximum Gasteiger partial charge on any atom is 0.131 e. The molecule has 3 aromatic rings. The predicted molar refractivity (Wildman–Crippen MR) is 65.9 cm³/mol. The van der Waals surface area contributed by atoms with Crippen molar-refractivity contribution in [3.8, 4) is 5.75 Å². The molecule has 4 heteroatoms. The molecule has 1 aromatic carbocycles. The van der Waals surface area contributed by atoms with Gasteiger partial charge in [0.1, 0.15) is 24.2 Å². The molecule has 0 aliphatic carbocycles. The normalized spacial score (nSPS) is 14.2. The molecule has 0 bridgehead atoms. The van der Waals surface area contributed by atoms with Crippen molar-refractivity contribution in [1.29, 1.82) is 0 Å². The van der Waals surface area contributed by atoms with Gasteiger partial charge in [-0.2, -0.15) is 0 Å². The Hall–Kier alpha value is -2.36. The Labute approximate surface area is 97.2 Å². The molecule has 4 rings (SSSR count). The van der Waals surface area contributed by atoms with Crippen molar-refractivity contribution in [2.24, 2.45) is 0 Å². The van der Waals surface area contributed by atoms with Crippen molar-refractivity contribution < 1.29 is 4.74 Å². The number of imidazole rings is 1. The maximum atomic E-state index is 5.75. The molecule has 2 aromatic heterocycles. The smallest absolute Gasteiger partial charge is 0.131 e. The van der Waals surface area contributed by atoms with Crippen molar-refractivity contribution in [3.05, 3.63) is 37.3 Å². The summed E-state index contributed by atoms with van der Waals surface area (Å²) in [5, 5.41) is 1.01. The highest BCUT2D eigenvalue weighted by Gasteiger charge is 2.17. The first-order valence-corrected chi connectivity index (χ1v) is 5.40. The van der Waals surface area contributed by atoms with Crippen LogP contribution in [0.4, 0.5) is 0 Å². The van der Waals surface area contributed by atoms with E-state index < -0.39 is 0 Å². The minimum absolute atomic E-state index is 0.471.